The van der Waals surface area contributed by atoms with E-state index in [-0.39, 0.29) is 28.4 Å². The van der Waals surface area contributed by atoms with Gasteiger partial charge in [0.1, 0.15) is 23.3 Å². The van der Waals surface area contributed by atoms with E-state index in [9.17, 15) is 23.6 Å². The summed E-state index contributed by atoms with van der Waals surface area (Å²) in [6.07, 6.45) is 0. The third kappa shape index (κ3) is 5.92. The summed E-state index contributed by atoms with van der Waals surface area (Å²) >= 11 is 0.664. The van der Waals surface area contributed by atoms with E-state index >= 15 is 0 Å². The van der Waals surface area contributed by atoms with Gasteiger partial charge in [0.15, 0.2) is 5.69 Å². The van der Waals surface area contributed by atoms with E-state index in [1.54, 1.807) is 26.0 Å². The van der Waals surface area contributed by atoms with Crippen molar-refractivity contribution in [1.82, 2.24) is 9.69 Å². The highest BCUT2D eigenvalue weighted by Gasteiger charge is 2.37. The first kappa shape index (κ1) is 27.3. The third-order valence-electron chi connectivity index (χ3n) is 5.61. The summed E-state index contributed by atoms with van der Waals surface area (Å²) in [5.74, 6) is -3.59. The number of nitrogen functional groups attached to an aromatic ring is 1. The summed E-state index contributed by atoms with van der Waals surface area (Å²) in [5, 5.41) is 2.49. The molecular formula is C25H26FN5O5S. The van der Waals surface area contributed by atoms with Crippen molar-refractivity contribution in [1.29, 1.82) is 0 Å². The Morgan fingerprint density at radius 2 is 1.81 bits per heavy atom. The Kier molecular flexibility index (Phi) is 8.56. The van der Waals surface area contributed by atoms with Gasteiger partial charge in [-0.05, 0) is 67.2 Å². The van der Waals surface area contributed by atoms with Gasteiger partial charge in [0.05, 0.1) is 12.3 Å². The topological polar surface area (TPSA) is 158 Å². The molecular weight excluding hydrogens is 501 g/mol. The second-order valence-corrected chi connectivity index (χ2v) is 8.78. The van der Waals surface area contributed by atoms with Gasteiger partial charge in [0, 0.05) is 5.69 Å². The van der Waals surface area contributed by atoms with Crippen molar-refractivity contribution in [3.63, 3.8) is 0 Å². The lowest BCUT2D eigenvalue weighted by molar-refractivity contribution is -0.143. The van der Waals surface area contributed by atoms with E-state index in [0.29, 0.717) is 22.8 Å². The lowest BCUT2D eigenvalue weighted by Crippen LogP contribution is -2.45. The Balaban J connectivity index is 2.20. The number of aryl methyl sites for hydroxylation is 1. The lowest BCUT2D eigenvalue weighted by Gasteiger charge is -2.32. The number of hydrogen-bond acceptors (Lipinski definition) is 8. The molecule has 0 aliphatic rings. The van der Waals surface area contributed by atoms with E-state index < -0.39 is 42.1 Å². The molecule has 12 heteroatoms. The molecule has 0 saturated carbocycles. The Hall–Kier alpha value is -4.32. The minimum Gasteiger partial charge on any atom is -0.465 e. The van der Waals surface area contributed by atoms with Gasteiger partial charge in [-0.15, -0.1) is 0 Å². The molecule has 0 fully saturated rings. The SMILES string of the molecule is CCOC(=O)CNC(=O)C(c1ccc(F)cc1)N(C(=O)c1snc(C(N)=O)c1N)c1cccc(C)c1C. The summed E-state index contributed by atoms with van der Waals surface area (Å²) in [6.45, 7) is 4.90. The van der Waals surface area contributed by atoms with Crippen LogP contribution >= 0.6 is 11.5 Å². The molecule has 0 radical (unpaired) electrons. The summed E-state index contributed by atoms with van der Waals surface area (Å²) in [6, 6.07) is 8.85. The average Bonchev–Trinajstić information content (AvgIpc) is 3.25. The number of esters is 1. The molecule has 2 aromatic carbocycles. The number of nitrogens with two attached hydrogens (primary N) is 2. The van der Waals surface area contributed by atoms with Gasteiger partial charge in [0.2, 0.25) is 5.91 Å². The maximum Gasteiger partial charge on any atom is 0.325 e. The number of aromatic nitrogens is 1. The van der Waals surface area contributed by atoms with Gasteiger partial charge in [-0.2, -0.15) is 4.37 Å². The average molecular weight is 528 g/mol. The zero-order valence-corrected chi connectivity index (χ0v) is 21.2. The monoisotopic (exact) mass is 527 g/mol. The smallest absolute Gasteiger partial charge is 0.325 e. The molecule has 0 aliphatic heterocycles. The molecule has 0 aliphatic carbocycles. The Labute approximate surface area is 216 Å². The fourth-order valence-corrected chi connectivity index (χ4v) is 4.37. The van der Waals surface area contributed by atoms with Crippen molar-refractivity contribution in [3.8, 4) is 0 Å². The van der Waals surface area contributed by atoms with Gasteiger partial charge in [-0.3, -0.25) is 24.1 Å². The highest BCUT2D eigenvalue weighted by atomic mass is 32.1. The first-order chi connectivity index (χ1) is 17.6. The molecule has 37 heavy (non-hydrogen) atoms. The van der Waals surface area contributed by atoms with Gasteiger partial charge < -0.3 is 21.5 Å². The summed E-state index contributed by atoms with van der Waals surface area (Å²) < 4.78 is 22.6. The minimum absolute atomic E-state index is 0.111. The van der Waals surface area contributed by atoms with E-state index in [1.165, 1.54) is 17.0 Å². The second kappa shape index (κ2) is 11.6. The normalized spacial score (nSPS) is 11.5. The molecule has 1 atom stereocenters. The van der Waals surface area contributed by atoms with Crippen LogP contribution in [0.15, 0.2) is 42.5 Å². The van der Waals surface area contributed by atoms with Crippen LogP contribution in [0.2, 0.25) is 0 Å². The number of primary amides is 1. The van der Waals surface area contributed by atoms with Crippen LogP contribution in [-0.4, -0.2) is 41.2 Å². The van der Waals surface area contributed by atoms with Crippen LogP contribution in [0.25, 0.3) is 0 Å². The third-order valence-corrected chi connectivity index (χ3v) is 6.47. The number of rotatable bonds is 9. The molecule has 0 bridgehead atoms. The fourth-order valence-electron chi connectivity index (χ4n) is 3.63. The van der Waals surface area contributed by atoms with Crippen molar-refractivity contribution < 1.29 is 28.3 Å². The van der Waals surface area contributed by atoms with Crippen molar-refractivity contribution in [2.24, 2.45) is 5.73 Å². The summed E-state index contributed by atoms with van der Waals surface area (Å²) in [7, 11) is 0. The minimum atomic E-state index is -1.36. The number of nitrogens with one attached hydrogen (secondary N) is 1. The predicted octanol–water partition coefficient (Wildman–Crippen LogP) is 2.65. The highest BCUT2D eigenvalue weighted by Crippen LogP contribution is 2.35. The number of hydrogen-bond donors (Lipinski definition) is 3. The molecule has 194 valence electrons. The molecule has 0 saturated heterocycles. The van der Waals surface area contributed by atoms with E-state index in [1.807, 2.05) is 13.0 Å². The Morgan fingerprint density at radius 3 is 2.41 bits per heavy atom. The molecule has 5 N–H and O–H groups in total. The van der Waals surface area contributed by atoms with Crippen LogP contribution in [0.3, 0.4) is 0 Å². The number of carbonyl (C=O) groups is 4. The van der Waals surface area contributed by atoms with Crippen LogP contribution in [0.5, 0.6) is 0 Å². The molecule has 0 spiro atoms. The van der Waals surface area contributed by atoms with Gasteiger partial charge in [-0.1, -0.05) is 24.3 Å². The zero-order chi connectivity index (χ0) is 27.3. The van der Waals surface area contributed by atoms with Crippen molar-refractivity contribution >= 4 is 46.6 Å². The van der Waals surface area contributed by atoms with Crippen LogP contribution in [0.4, 0.5) is 15.8 Å². The summed E-state index contributed by atoms with van der Waals surface area (Å²) in [5.41, 5.74) is 13.0. The van der Waals surface area contributed by atoms with Crippen LogP contribution in [-0.2, 0) is 14.3 Å². The first-order valence-corrected chi connectivity index (χ1v) is 12.0. The molecule has 10 nitrogen and oxygen atoms in total. The largest absolute Gasteiger partial charge is 0.465 e. The number of carbonyl (C=O) groups excluding carboxylic acids is 4. The van der Waals surface area contributed by atoms with Crippen LogP contribution < -0.4 is 21.7 Å². The number of benzene rings is 2. The number of anilines is 2. The molecule has 3 rings (SSSR count). The van der Waals surface area contributed by atoms with Crippen LogP contribution in [0, 0.1) is 19.7 Å². The second-order valence-electron chi connectivity index (χ2n) is 8.01. The number of amides is 3. The Bertz CT molecular complexity index is 1340. The zero-order valence-electron chi connectivity index (χ0n) is 20.4. The predicted molar refractivity (Wildman–Crippen MR) is 137 cm³/mol. The van der Waals surface area contributed by atoms with Crippen LogP contribution in [0.1, 0.15) is 49.8 Å². The van der Waals surface area contributed by atoms with Gasteiger partial charge in [-0.25, -0.2) is 4.39 Å². The van der Waals surface area contributed by atoms with E-state index in [0.717, 1.165) is 17.7 Å². The Morgan fingerprint density at radius 1 is 1.14 bits per heavy atom. The summed E-state index contributed by atoms with van der Waals surface area (Å²) in [4.78, 5) is 52.3. The molecule has 3 amide bonds. The first-order valence-electron chi connectivity index (χ1n) is 11.2. The van der Waals surface area contributed by atoms with Crippen molar-refractivity contribution in [3.05, 3.63) is 75.5 Å². The fraction of sp³-hybridized carbons (Fsp3) is 0.240. The number of ether oxygens (including phenoxy) is 1. The van der Waals surface area contributed by atoms with Gasteiger partial charge >= 0.3 is 5.97 Å². The van der Waals surface area contributed by atoms with Gasteiger partial charge in [0.25, 0.3) is 11.8 Å². The van der Waals surface area contributed by atoms with E-state index in [2.05, 4.69) is 9.69 Å². The molecule has 3 aromatic rings. The number of nitrogens with zero attached hydrogens (tertiary/aromatic N) is 2. The lowest BCUT2D eigenvalue weighted by atomic mass is 10.00. The maximum atomic E-state index is 14.0. The number of halogens is 1. The maximum absolute atomic E-state index is 14.0. The molecule has 1 aromatic heterocycles. The molecule has 1 unspecified atom stereocenters. The highest BCUT2D eigenvalue weighted by molar-refractivity contribution is 7.09. The van der Waals surface area contributed by atoms with Crippen molar-refractivity contribution in [2.75, 3.05) is 23.8 Å². The van der Waals surface area contributed by atoms with E-state index in [4.69, 9.17) is 16.2 Å². The van der Waals surface area contributed by atoms with Crippen molar-refractivity contribution in [2.45, 2.75) is 26.8 Å². The quantitative estimate of drug-likeness (QED) is 0.361. The molecule has 1 heterocycles. The standard InChI is InChI=1S/C25H26FN5O5S/c1-4-36-18(32)12-29-24(34)21(15-8-10-16(26)11-9-15)31(17-7-5-6-13(2)14(17)3)25(35)22-19(27)20(23(28)33)30-37-22/h5-11,21H,4,12,27H2,1-3H3,(H2,28,33)(H,29,34).